The number of carbonyl (C=O) groups is 1. The van der Waals surface area contributed by atoms with Gasteiger partial charge in [-0.25, -0.2) is 8.42 Å². The highest BCUT2D eigenvalue weighted by Gasteiger charge is 2.02. The van der Waals surface area contributed by atoms with Gasteiger partial charge in [-0.05, 0) is 37.5 Å². The molecular weight excluding hydrogens is 264 g/mol. The number of carbonyl (C=O) groups excluding carboxylic acids is 1. The van der Waals surface area contributed by atoms with Crippen molar-refractivity contribution in [2.45, 2.75) is 26.2 Å². The van der Waals surface area contributed by atoms with Crippen LogP contribution in [0.1, 0.15) is 25.3 Å². The maximum absolute atomic E-state index is 10.9. The van der Waals surface area contributed by atoms with Gasteiger partial charge >= 0.3 is 0 Å². The largest absolute Gasteiger partial charge is 0.494 e. The maximum Gasteiger partial charge on any atom is 0.147 e. The fourth-order valence-corrected chi connectivity index (χ4v) is 2.23. The smallest absolute Gasteiger partial charge is 0.147 e. The van der Waals surface area contributed by atoms with Gasteiger partial charge in [0, 0.05) is 12.7 Å². The molecule has 0 bridgehead atoms. The molecule has 0 N–H and O–H groups in total. The minimum Gasteiger partial charge on any atom is -0.494 e. The van der Waals surface area contributed by atoms with Crippen LogP contribution in [0.5, 0.6) is 5.75 Å². The van der Waals surface area contributed by atoms with Gasteiger partial charge in [-0.3, -0.25) is 0 Å². The fourth-order valence-electron chi connectivity index (χ4n) is 1.58. The lowest BCUT2D eigenvalue weighted by molar-refractivity contribution is -0.116. The molecule has 0 atom stereocenters. The first kappa shape index (κ1) is 15.7. The first-order valence-corrected chi connectivity index (χ1v) is 8.32. The van der Waals surface area contributed by atoms with E-state index in [4.69, 9.17) is 4.74 Å². The van der Waals surface area contributed by atoms with Crippen LogP contribution in [0.15, 0.2) is 24.3 Å². The molecule has 0 aliphatic rings. The summed E-state index contributed by atoms with van der Waals surface area (Å²) in [6, 6.07) is 7.54. The normalized spacial score (nSPS) is 11.3. The number of ketones is 1. The van der Waals surface area contributed by atoms with Gasteiger partial charge in [0.05, 0.1) is 12.4 Å². The average molecular weight is 284 g/mol. The zero-order chi connectivity index (χ0) is 14.3. The predicted molar refractivity (Wildman–Crippen MR) is 75.3 cm³/mol. The van der Waals surface area contributed by atoms with E-state index in [-0.39, 0.29) is 11.5 Å². The summed E-state index contributed by atoms with van der Waals surface area (Å²) in [5, 5.41) is 0. The van der Waals surface area contributed by atoms with Gasteiger partial charge in [0.15, 0.2) is 0 Å². The first-order chi connectivity index (χ1) is 8.87. The summed E-state index contributed by atoms with van der Waals surface area (Å²) in [6.07, 6.45) is 3.00. The van der Waals surface area contributed by atoms with E-state index in [2.05, 4.69) is 0 Å². The standard InChI is InChI=1S/C14H20O4S/c1-12(15)4-5-13-6-8-14(9-7-13)18-10-3-11-19(2,16)17/h6-9H,3-5,10-11H2,1-2H3. The highest BCUT2D eigenvalue weighted by molar-refractivity contribution is 7.90. The first-order valence-electron chi connectivity index (χ1n) is 6.26. The molecule has 0 unspecified atom stereocenters. The maximum atomic E-state index is 10.9. The zero-order valence-corrected chi connectivity index (χ0v) is 12.2. The Kier molecular flexibility index (Phi) is 6.02. The van der Waals surface area contributed by atoms with Gasteiger partial charge < -0.3 is 9.53 Å². The van der Waals surface area contributed by atoms with Crippen LogP contribution >= 0.6 is 0 Å². The van der Waals surface area contributed by atoms with E-state index in [0.29, 0.717) is 19.4 Å². The van der Waals surface area contributed by atoms with Gasteiger partial charge in [-0.1, -0.05) is 12.1 Å². The lowest BCUT2D eigenvalue weighted by atomic mass is 10.1. The number of ether oxygens (including phenoxy) is 1. The second-order valence-corrected chi connectivity index (χ2v) is 6.94. The fraction of sp³-hybridized carbons (Fsp3) is 0.500. The Morgan fingerprint density at radius 1 is 1.21 bits per heavy atom. The third-order valence-corrected chi connectivity index (χ3v) is 3.65. The number of Topliss-reactive ketones (excluding diaryl/α,β-unsaturated/α-hetero) is 1. The monoisotopic (exact) mass is 284 g/mol. The van der Waals surface area contributed by atoms with Gasteiger partial charge in [0.2, 0.25) is 0 Å². The number of rotatable bonds is 8. The van der Waals surface area contributed by atoms with Crippen molar-refractivity contribution in [3.8, 4) is 5.75 Å². The molecule has 0 fully saturated rings. The Bertz CT molecular complexity index is 503. The molecule has 4 nitrogen and oxygen atoms in total. The summed E-state index contributed by atoms with van der Waals surface area (Å²) in [7, 11) is -2.91. The molecule has 0 aliphatic heterocycles. The van der Waals surface area contributed by atoms with Gasteiger partial charge in [0.1, 0.15) is 21.4 Å². The van der Waals surface area contributed by atoms with Crippen LogP contribution in [0.2, 0.25) is 0 Å². The SMILES string of the molecule is CC(=O)CCc1ccc(OCCCS(C)(=O)=O)cc1. The summed E-state index contributed by atoms with van der Waals surface area (Å²) >= 11 is 0. The van der Waals surface area contributed by atoms with E-state index in [0.717, 1.165) is 17.7 Å². The third kappa shape index (κ3) is 7.62. The predicted octanol–water partition coefficient (Wildman–Crippen LogP) is 2.02. The zero-order valence-electron chi connectivity index (χ0n) is 11.4. The molecule has 0 saturated carbocycles. The molecule has 19 heavy (non-hydrogen) atoms. The Balaban J connectivity index is 2.34. The molecule has 0 aromatic heterocycles. The highest BCUT2D eigenvalue weighted by atomic mass is 32.2. The third-order valence-electron chi connectivity index (χ3n) is 2.62. The summed E-state index contributed by atoms with van der Waals surface area (Å²) in [6.45, 7) is 1.97. The number of sulfone groups is 1. The van der Waals surface area contributed by atoms with Crippen molar-refractivity contribution < 1.29 is 17.9 Å². The summed E-state index contributed by atoms with van der Waals surface area (Å²) in [5.41, 5.74) is 1.10. The van der Waals surface area contributed by atoms with Crippen LogP contribution in [-0.4, -0.2) is 32.8 Å². The lowest BCUT2D eigenvalue weighted by Gasteiger charge is -2.06. The minimum atomic E-state index is -2.91. The molecular formula is C14H20O4S. The van der Waals surface area contributed by atoms with Crippen LogP contribution in [0.25, 0.3) is 0 Å². The Morgan fingerprint density at radius 3 is 2.37 bits per heavy atom. The van der Waals surface area contributed by atoms with Crippen molar-refractivity contribution in [1.82, 2.24) is 0 Å². The Morgan fingerprint density at radius 2 is 1.84 bits per heavy atom. The van der Waals surface area contributed by atoms with E-state index >= 15 is 0 Å². The number of benzene rings is 1. The van der Waals surface area contributed by atoms with E-state index in [9.17, 15) is 13.2 Å². The Labute approximate surface area is 114 Å². The van der Waals surface area contributed by atoms with Crippen molar-refractivity contribution >= 4 is 15.6 Å². The second kappa shape index (κ2) is 7.28. The molecule has 106 valence electrons. The van der Waals surface area contributed by atoms with Gasteiger partial charge in [-0.2, -0.15) is 0 Å². The molecule has 0 spiro atoms. The Hall–Kier alpha value is -1.36. The lowest BCUT2D eigenvalue weighted by Crippen LogP contribution is -2.07. The van der Waals surface area contributed by atoms with Crippen LogP contribution in [-0.2, 0) is 21.1 Å². The number of aryl methyl sites for hydroxylation is 1. The summed E-state index contributed by atoms with van der Waals surface area (Å²) < 4.78 is 27.3. The molecule has 0 saturated heterocycles. The van der Waals surface area contributed by atoms with Crippen molar-refractivity contribution in [1.29, 1.82) is 0 Å². The average Bonchev–Trinajstić information content (AvgIpc) is 2.32. The van der Waals surface area contributed by atoms with Crippen molar-refractivity contribution in [2.75, 3.05) is 18.6 Å². The summed E-state index contributed by atoms with van der Waals surface area (Å²) in [4.78, 5) is 10.9. The van der Waals surface area contributed by atoms with Crippen LogP contribution < -0.4 is 4.74 Å². The summed E-state index contributed by atoms with van der Waals surface area (Å²) in [5.74, 6) is 1.05. The quantitative estimate of drug-likeness (QED) is 0.685. The van der Waals surface area contributed by atoms with Crippen LogP contribution in [0, 0.1) is 0 Å². The van der Waals surface area contributed by atoms with Crippen molar-refractivity contribution in [3.05, 3.63) is 29.8 Å². The molecule has 5 heteroatoms. The van der Waals surface area contributed by atoms with E-state index in [1.165, 1.54) is 6.26 Å². The van der Waals surface area contributed by atoms with Gasteiger partial charge in [-0.15, -0.1) is 0 Å². The highest BCUT2D eigenvalue weighted by Crippen LogP contribution is 2.13. The van der Waals surface area contributed by atoms with Crippen molar-refractivity contribution in [3.63, 3.8) is 0 Å². The van der Waals surface area contributed by atoms with Crippen LogP contribution in [0.4, 0.5) is 0 Å². The molecule has 0 heterocycles. The molecule has 0 aliphatic carbocycles. The second-order valence-electron chi connectivity index (χ2n) is 4.68. The van der Waals surface area contributed by atoms with E-state index < -0.39 is 9.84 Å². The molecule has 1 aromatic carbocycles. The van der Waals surface area contributed by atoms with E-state index in [1.807, 2.05) is 24.3 Å². The molecule has 1 aromatic rings. The van der Waals surface area contributed by atoms with Crippen LogP contribution in [0.3, 0.4) is 0 Å². The molecule has 1 rings (SSSR count). The van der Waals surface area contributed by atoms with Crippen molar-refractivity contribution in [2.24, 2.45) is 0 Å². The molecule has 0 radical (unpaired) electrons. The number of hydrogen-bond donors (Lipinski definition) is 0. The molecule has 0 amide bonds. The topological polar surface area (TPSA) is 60.4 Å². The number of hydrogen-bond acceptors (Lipinski definition) is 4. The minimum absolute atomic E-state index is 0.143. The van der Waals surface area contributed by atoms with Gasteiger partial charge in [0.25, 0.3) is 0 Å². The van der Waals surface area contributed by atoms with E-state index in [1.54, 1.807) is 6.92 Å².